The highest BCUT2D eigenvalue weighted by atomic mass is 31.1. The van der Waals surface area contributed by atoms with Gasteiger partial charge in [0.15, 0.2) is 0 Å². The van der Waals surface area contributed by atoms with E-state index in [-0.39, 0.29) is 18.2 Å². The molecule has 0 amide bonds. The van der Waals surface area contributed by atoms with Gasteiger partial charge in [-0.2, -0.15) is 0 Å². The van der Waals surface area contributed by atoms with Crippen molar-refractivity contribution in [1.29, 1.82) is 0 Å². The van der Waals surface area contributed by atoms with E-state index in [4.69, 9.17) is 9.98 Å². The van der Waals surface area contributed by atoms with Crippen molar-refractivity contribution >= 4 is 38.0 Å². The van der Waals surface area contributed by atoms with Crippen LogP contribution in [0.2, 0.25) is 0 Å². The average Bonchev–Trinajstić information content (AvgIpc) is 2.89. The molecule has 4 aromatic rings. The van der Waals surface area contributed by atoms with E-state index in [2.05, 4.69) is 145 Å². The zero-order chi connectivity index (χ0) is 27.2. The maximum atomic E-state index is 4.99. The number of aliphatic imine (C=N–C) groups is 1. The summed E-state index contributed by atoms with van der Waals surface area (Å²) in [7, 11) is -0.904. The van der Waals surface area contributed by atoms with Crippen LogP contribution in [0.5, 0.6) is 0 Å². The maximum Gasteiger partial charge on any atom is 0.0811 e. The number of pyridine rings is 1. The molecule has 0 atom stereocenters. The van der Waals surface area contributed by atoms with Gasteiger partial charge in [0.25, 0.3) is 0 Å². The number of nitrogens with zero attached hydrogens (tertiary/aromatic N) is 2. The summed E-state index contributed by atoms with van der Waals surface area (Å²) in [5.41, 5.74) is 3.37. The fourth-order valence-electron chi connectivity index (χ4n) is 4.98. The standard InChI is InChI=1S/C34H40N2P2/c1-33(2,3)37(34(4,5)6)26-29-18-15-17-28(36-29)25-35-24-27-16-13-14-23-32(27)38(30-19-9-7-10-20-30)31-21-11-8-12-22-31/h7-23,25H,24,26H2,1-6H3. The fraction of sp³-hybridized carbons (Fsp3) is 0.294. The van der Waals surface area contributed by atoms with Gasteiger partial charge in [-0.25, -0.2) is 0 Å². The molecule has 0 saturated carbocycles. The first-order valence-corrected chi connectivity index (χ1v) is 16.2. The predicted octanol–water partition coefficient (Wildman–Crippen LogP) is 8.04. The van der Waals surface area contributed by atoms with Gasteiger partial charge in [-0.1, -0.05) is 140 Å². The molecule has 1 aromatic heterocycles. The third-order valence-electron chi connectivity index (χ3n) is 6.51. The van der Waals surface area contributed by atoms with Gasteiger partial charge in [-0.15, -0.1) is 0 Å². The monoisotopic (exact) mass is 538 g/mol. The van der Waals surface area contributed by atoms with Gasteiger partial charge in [-0.3, -0.25) is 9.98 Å². The SMILES string of the molecule is CC(C)(C)P(Cc1cccc(C=NCc2ccccc2P(c2ccccc2)c2ccccc2)n1)C(C)(C)C. The highest BCUT2D eigenvalue weighted by molar-refractivity contribution is 7.79. The molecule has 0 aliphatic carbocycles. The number of benzene rings is 3. The molecule has 0 saturated heterocycles. The summed E-state index contributed by atoms with van der Waals surface area (Å²) in [6.45, 7) is 14.8. The van der Waals surface area contributed by atoms with E-state index in [1.165, 1.54) is 27.2 Å². The van der Waals surface area contributed by atoms with E-state index in [1.54, 1.807) is 0 Å². The van der Waals surface area contributed by atoms with Gasteiger partial charge in [0.05, 0.1) is 12.2 Å². The Morgan fingerprint density at radius 1 is 0.658 bits per heavy atom. The fourth-order valence-corrected chi connectivity index (χ4v) is 10.9. The van der Waals surface area contributed by atoms with Crippen molar-refractivity contribution in [3.8, 4) is 0 Å². The molecule has 0 unspecified atom stereocenters. The Morgan fingerprint density at radius 3 is 1.79 bits per heavy atom. The maximum absolute atomic E-state index is 4.99. The van der Waals surface area contributed by atoms with Crippen LogP contribution in [0.1, 0.15) is 58.5 Å². The van der Waals surface area contributed by atoms with Crippen LogP contribution in [0.3, 0.4) is 0 Å². The Kier molecular flexibility index (Phi) is 9.30. The zero-order valence-electron chi connectivity index (χ0n) is 23.6. The molecule has 0 radical (unpaired) electrons. The third kappa shape index (κ3) is 7.47. The van der Waals surface area contributed by atoms with Crippen molar-refractivity contribution in [2.75, 3.05) is 0 Å². The second kappa shape index (κ2) is 12.5. The van der Waals surface area contributed by atoms with E-state index in [1.807, 2.05) is 6.21 Å². The van der Waals surface area contributed by atoms with Crippen LogP contribution in [0, 0.1) is 0 Å². The van der Waals surface area contributed by atoms with E-state index in [0.29, 0.717) is 6.54 Å². The molecule has 196 valence electrons. The molecule has 0 aliphatic heterocycles. The van der Waals surface area contributed by atoms with Crippen LogP contribution in [-0.4, -0.2) is 21.5 Å². The lowest BCUT2D eigenvalue weighted by Gasteiger charge is -2.41. The van der Waals surface area contributed by atoms with Gasteiger partial charge in [0.1, 0.15) is 0 Å². The molecule has 0 fully saturated rings. The van der Waals surface area contributed by atoms with Crippen molar-refractivity contribution < 1.29 is 0 Å². The molecule has 4 heteroatoms. The average molecular weight is 539 g/mol. The summed E-state index contributed by atoms with van der Waals surface area (Å²) in [4.78, 5) is 9.88. The first-order chi connectivity index (χ1) is 18.1. The lowest BCUT2D eigenvalue weighted by atomic mass is 10.2. The van der Waals surface area contributed by atoms with Gasteiger partial charge >= 0.3 is 0 Å². The van der Waals surface area contributed by atoms with Crippen LogP contribution in [0.15, 0.2) is 108 Å². The van der Waals surface area contributed by atoms with E-state index in [9.17, 15) is 0 Å². The summed E-state index contributed by atoms with van der Waals surface area (Å²) >= 11 is 0. The second-order valence-corrected chi connectivity index (χ2v) is 17.6. The van der Waals surface area contributed by atoms with Crippen LogP contribution in [0.25, 0.3) is 0 Å². The number of aromatic nitrogens is 1. The Morgan fingerprint density at radius 2 is 1.21 bits per heavy atom. The van der Waals surface area contributed by atoms with Crippen LogP contribution in [0.4, 0.5) is 0 Å². The van der Waals surface area contributed by atoms with Gasteiger partial charge in [-0.05, 0) is 51.8 Å². The summed E-state index contributed by atoms with van der Waals surface area (Å²) in [6.07, 6.45) is 2.98. The molecule has 1 heterocycles. The summed E-state index contributed by atoms with van der Waals surface area (Å²) in [6, 6.07) is 36.9. The minimum absolute atomic E-state index is 0.241. The molecule has 0 N–H and O–H groups in total. The largest absolute Gasteiger partial charge is 0.286 e. The minimum atomic E-state index is -0.663. The Balaban J connectivity index is 1.58. The second-order valence-electron chi connectivity index (χ2n) is 11.6. The van der Waals surface area contributed by atoms with Crippen molar-refractivity contribution in [2.24, 2.45) is 4.99 Å². The molecule has 3 aromatic carbocycles. The molecule has 38 heavy (non-hydrogen) atoms. The molecule has 4 rings (SSSR count). The Hall–Kier alpha value is -2.66. The van der Waals surface area contributed by atoms with Crippen LogP contribution in [-0.2, 0) is 12.7 Å². The summed E-state index contributed by atoms with van der Waals surface area (Å²) in [5, 5.41) is 4.62. The summed E-state index contributed by atoms with van der Waals surface area (Å²) in [5.74, 6) is 0. The Bertz CT molecular complexity index is 1280. The molecular formula is C34H40N2P2. The molecular weight excluding hydrogens is 498 g/mol. The van der Waals surface area contributed by atoms with Crippen LogP contribution < -0.4 is 15.9 Å². The predicted molar refractivity (Wildman–Crippen MR) is 171 cm³/mol. The smallest absolute Gasteiger partial charge is 0.0811 e. The molecule has 0 aliphatic rings. The quantitative estimate of drug-likeness (QED) is 0.165. The van der Waals surface area contributed by atoms with E-state index >= 15 is 0 Å². The van der Waals surface area contributed by atoms with Crippen molar-refractivity contribution in [3.05, 3.63) is 120 Å². The summed E-state index contributed by atoms with van der Waals surface area (Å²) < 4.78 is 0. The van der Waals surface area contributed by atoms with Gasteiger partial charge in [0, 0.05) is 18.1 Å². The van der Waals surface area contributed by atoms with Gasteiger partial charge in [0.2, 0.25) is 0 Å². The van der Waals surface area contributed by atoms with Crippen molar-refractivity contribution in [2.45, 2.75) is 64.6 Å². The van der Waals surface area contributed by atoms with Crippen LogP contribution >= 0.6 is 15.8 Å². The number of hydrogen-bond donors (Lipinski definition) is 0. The van der Waals surface area contributed by atoms with Gasteiger partial charge < -0.3 is 0 Å². The lowest BCUT2D eigenvalue weighted by Crippen LogP contribution is -2.26. The lowest BCUT2D eigenvalue weighted by molar-refractivity contribution is 0.701. The first-order valence-electron chi connectivity index (χ1n) is 13.3. The highest BCUT2D eigenvalue weighted by Crippen LogP contribution is 2.61. The molecule has 0 spiro atoms. The molecule has 0 bridgehead atoms. The van der Waals surface area contributed by atoms with Crippen molar-refractivity contribution in [3.63, 3.8) is 0 Å². The normalized spacial score (nSPS) is 12.5. The third-order valence-corrected chi connectivity index (χ3v) is 12.9. The Labute approximate surface area is 232 Å². The van der Waals surface area contributed by atoms with E-state index in [0.717, 1.165) is 11.9 Å². The number of rotatable bonds is 8. The highest BCUT2D eigenvalue weighted by Gasteiger charge is 2.34. The topological polar surface area (TPSA) is 25.2 Å². The van der Waals surface area contributed by atoms with E-state index < -0.39 is 7.92 Å². The zero-order valence-corrected chi connectivity index (χ0v) is 25.4. The van der Waals surface area contributed by atoms with Crippen molar-refractivity contribution in [1.82, 2.24) is 4.98 Å². The number of hydrogen-bond acceptors (Lipinski definition) is 2. The minimum Gasteiger partial charge on any atom is -0.286 e. The first kappa shape index (κ1) is 28.4. The molecule has 2 nitrogen and oxygen atoms in total.